The first-order valence-corrected chi connectivity index (χ1v) is 5.93. The Morgan fingerprint density at radius 1 is 1.38 bits per heavy atom. The molecule has 0 aromatic heterocycles. The lowest BCUT2D eigenvalue weighted by atomic mass is 9.95. The van der Waals surface area contributed by atoms with E-state index in [9.17, 15) is 0 Å². The van der Waals surface area contributed by atoms with Crippen LogP contribution in [0.4, 0.5) is 0 Å². The van der Waals surface area contributed by atoms with Crippen molar-refractivity contribution in [3.8, 4) is 5.75 Å². The maximum atomic E-state index is 6.17. The zero-order chi connectivity index (χ0) is 12.3. The van der Waals surface area contributed by atoms with Gasteiger partial charge in [0, 0.05) is 16.6 Å². The highest BCUT2D eigenvalue weighted by atomic mass is 35.5. The number of rotatable bonds is 4. The lowest BCUT2D eigenvalue weighted by Gasteiger charge is -2.19. The monoisotopic (exact) mass is 241 g/mol. The normalized spacial score (nSPS) is 12.9. The molecule has 0 fully saturated rings. The highest BCUT2D eigenvalue weighted by Gasteiger charge is 2.16. The Hall–Kier alpha value is -0.730. The number of hydrogen-bond acceptors (Lipinski definition) is 2. The predicted octanol–water partition coefficient (Wildman–Crippen LogP) is 3.70. The van der Waals surface area contributed by atoms with E-state index in [1.807, 2.05) is 19.1 Å². The number of hydrogen-bond donors (Lipinski definition) is 1. The Morgan fingerprint density at radius 2 is 2.00 bits per heavy atom. The summed E-state index contributed by atoms with van der Waals surface area (Å²) in [6.45, 7) is 6.30. The minimum atomic E-state index is -0.0210. The minimum absolute atomic E-state index is 0.0210. The van der Waals surface area contributed by atoms with E-state index in [0.717, 1.165) is 23.3 Å². The molecule has 1 rings (SSSR count). The fraction of sp³-hybridized carbons (Fsp3) is 0.538. The Bertz CT molecular complexity index is 363. The smallest absolute Gasteiger partial charge is 0.126 e. The number of halogens is 1. The molecule has 0 saturated heterocycles. The van der Waals surface area contributed by atoms with E-state index < -0.39 is 0 Å². The minimum Gasteiger partial charge on any atom is -0.496 e. The molecule has 16 heavy (non-hydrogen) atoms. The van der Waals surface area contributed by atoms with Gasteiger partial charge in [0.05, 0.1) is 7.11 Å². The van der Waals surface area contributed by atoms with Crippen molar-refractivity contribution in [1.82, 2.24) is 0 Å². The van der Waals surface area contributed by atoms with Crippen molar-refractivity contribution in [2.75, 3.05) is 7.11 Å². The fourth-order valence-electron chi connectivity index (χ4n) is 1.94. The maximum Gasteiger partial charge on any atom is 0.126 e. The van der Waals surface area contributed by atoms with Crippen LogP contribution in [0.3, 0.4) is 0 Å². The van der Waals surface area contributed by atoms with Gasteiger partial charge in [0.15, 0.2) is 0 Å². The van der Waals surface area contributed by atoms with Crippen molar-refractivity contribution in [3.63, 3.8) is 0 Å². The van der Waals surface area contributed by atoms with E-state index in [1.54, 1.807) is 7.11 Å². The topological polar surface area (TPSA) is 35.2 Å². The molecule has 1 aromatic carbocycles. The molecule has 0 aliphatic heterocycles. The SMILES string of the molecule is COc1c(C)cc(Cl)cc1C(N)CC(C)C. The summed E-state index contributed by atoms with van der Waals surface area (Å²) in [6, 6.07) is 3.78. The van der Waals surface area contributed by atoms with Crippen LogP contribution in [-0.4, -0.2) is 7.11 Å². The van der Waals surface area contributed by atoms with E-state index in [-0.39, 0.29) is 6.04 Å². The van der Waals surface area contributed by atoms with Gasteiger partial charge < -0.3 is 10.5 Å². The number of benzene rings is 1. The van der Waals surface area contributed by atoms with Crippen molar-refractivity contribution in [3.05, 3.63) is 28.3 Å². The van der Waals surface area contributed by atoms with E-state index in [4.69, 9.17) is 22.1 Å². The Kier molecular flexibility index (Phi) is 4.63. The second-order valence-corrected chi connectivity index (χ2v) is 5.02. The average Bonchev–Trinajstić information content (AvgIpc) is 2.15. The van der Waals surface area contributed by atoms with Gasteiger partial charge in [-0.1, -0.05) is 25.4 Å². The van der Waals surface area contributed by atoms with Crippen LogP contribution in [0.25, 0.3) is 0 Å². The van der Waals surface area contributed by atoms with Crippen LogP contribution in [0.2, 0.25) is 5.02 Å². The van der Waals surface area contributed by atoms with Crippen LogP contribution in [-0.2, 0) is 0 Å². The quantitative estimate of drug-likeness (QED) is 0.872. The highest BCUT2D eigenvalue weighted by molar-refractivity contribution is 6.30. The van der Waals surface area contributed by atoms with Crippen LogP contribution in [0, 0.1) is 12.8 Å². The van der Waals surface area contributed by atoms with E-state index in [1.165, 1.54) is 0 Å². The summed E-state index contributed by atoms with van der Waals surface area (Å²) in [5.41, 5.74) is 8.20. The number of ether oxygens (including phenoxy) is 1. The molecular formula is C13H20ClNO. The van der Waals surface area contributed by atoms with Crippen molar-refractivity contribution < 1.29 is 4.74 Å². The van der Waals surface area contributed by atoms with Crippen molar-refractivity contribution in [2.45, 2.75) is 33.2 Å². The molecule has 0 aliphatic carbocycles. The summed E-state index contributed by atoms with van der Waals surface area (Å²) in [6.07, 6.45) is 0.927. The average molecular weight is 242 g/mol. The molecule has 1 atom stereocenters. The third kappa shape index (κ3) is 3.13. The zero-order valence-corrected chi connectivity index (χ0v) is 11.1. The first kappa shape index (κ1) is 13.3. The molecule has 0 amide bonds. The summed E-state index contributed by atoms with van der Waals surface area (Å²) in [5, 5.41) is 0.715. The largest absolute Gasteiger partial charge is 0.496 e. The van der Waals surface area contributed by atoms with Gasteiger partial charge in [-0.15, -0.1) is 0 Å². The van der Waals surface area contributed by atoms with Crippen LogP contribution < -0.4 is 10.5 Å². The van der Waals surface area contributed by atoms with E-state index in [0.29, 0.717) is 10.9 Å². The molecule has 0 heterocycles. The van der Waals surface area contributed by atoms with Gasteiger partial charge in [-0.2, -0.15) is 0 Å². The van der Waals surface area contributed by atoms with E-state index >= 15 is 0 Å². The lowest BCUT2D eigenvalue weighted by molar-refractivity contribution is 0.396. The van der Waals surface area contributed by atoms with Crippen molar-refractivity contribution in [2.24, 2.45) is 11.7 Å². The molecule has 90 valence electrons. The molecule has 2 N–H and O–H groups in total. The van der Waals surface area contributed by atoms with Crippen molar-refractivity contribution >= 4 is 11.6 Å². The van der Waals surface area contributed by atoms with Crippen LogP contribution in [0.5, 0.6) is 5.75 Å². The van der Waals surface area contributed by atoms with Gasteiger partial charge >= 0.3 is 0 Å². The van der Waals surface area contributed by atoms with Crippen LogP contribution in [0.15, 0.2) is 12.1 Å². The van der Waals surface area contributed by atoms with Crippen LogP contribution in [0.1, 0.15) is 37.4 Å². The first-order chi connectivity index (χ1) is 7.45. The van der Waals surface area contributed by atoms with Gasteiger partial charge in [-0.3, -0.25) is 0 Å². The van der Waals surface area contributed by atoms with E-state index in [2.05, 4.69) is 13.8 Å². The van der Waals surface area contributed by atoms with Gasteiger partial charge in [0.2, 0.25) is 0 Å². The Balaban J connectivity index is 3.10. The highest BCUT2D eigenvalue weighted by Crippen LogP contribution is 2.33. The number of nitrogens with two attached hydrogens (primary N) is 1. The van der Waals surface area contributed by atoms with Crippen LogP contribution >= 0.6 is 11.6 Å². The lowest BCUT2D eigenvalue weighted by Crippen LogP contribution is -2.14. The predicted molar refractivity (Wildman–Crippen MR) is 69.1 cm³/mol. The van der Waals surface area contributed by atoms with Gasteiger partial charge in [-0.05, 0) is 37.0 Å². The molecule has 2 nitrogen and oxygen atoms in total. The third-order valence-corrected chi connectivity index (χ3v) is 2.82. The van der Waals surface area contributed by atoms with Gasteiger partial charge in [0.1, 0.15) is 5.75 Å². The molecule has 0 bridgehead atoms. The summed E-state index contributed by atoms with van der Waals surface area (Å²) in [7, 11) is 1.67. The molecule has 1 unspecified atom stereocenters. The van der Waals surface area contributed by atoms with Gasteiger partial charge in [-0.25, -0.2) is 0 Å². The van der Waals surface area contributed by atoms with Gasteiger partial charge in [0.25, 0.3) is 0 Å². The fourth-order valence-corrected chi connectivity index (χ4v) is 2.23. The standard InChI is InChI=1S/C13H20ClNO/c1-8(2)5-12(15)11-7-10(14)6-9(3)13(11)16-4/h6-8,12H,5,15H2,1-4H3. The maximum absolute atomic E-state index is 6.17. The second kappa shape index (κ2) is 5.55. The molecule has 3 heteroatoms. The Morgan fingerprint density at radius 3 is 2.50 bits per heavy atom. The summed E-state index contributed by atoms with van der Waals surface area (Å²) < 4.78 is 5.40. The summed E-state index contributed by atoms with van der Waals surface area (Å²) >= 11 is 6.05. The molecule has 0 aliphatic rings. The number of methoxy groups -OCH3 is 1. The summed E-state index contributed by atoms with van der Waals surface area (Å²) in [5.74, 6) is 1.41. The molecule has 0 saturated carbocycles. The van der Waals surface area contributed by atoms with Crippen molar-refractivity contribution in [1.29, 1.82) is 0 Å². The first-order valence-electron chi connectivity index (χ1n) is 5.55. The third-order valence-electron chi connectivity index (χ3n) is 2.60. The zero-order valence-electron chi connectivity index (χ0n) is 10.4. The molecule has 0 spiro atoms. The molecule has 0 radical (unpaired) electrons. The molecular weight excluding hydrogens is 222 g/mol. The Labute approximate surface area is 103 Å². The number of aryl methyl sites for hydroxylation is 1. The molecule has 1 aromatic rings. The summed E-state index contributed by atoms with van der Waals surface area (Å²) in [4.78, 5) is 0. The second-order valence-electron chi connectivity index (χ2n) is 4.58.